The minimum atomic E-state index is 0.750. The molecule has 1 saturated heterocycles. The Hall–Kier alpha value is -1.09. The standard InChI is InChI=1S/C16H25N3/c1-17-12-14-8-4-10-16(18-14)19-11-5-7-13-6-2-3-9-15(13)19/h4,8,10,13,15,17H,2-3,5-7,9,11-12H2,1H3/t13-,15-/m1/s1. The molecule has 1 aliphatic heterocycles. The first-order chi connectivity index (χ1) is 9.38. The van der Waals surface area contributed by atoms with E-state index in [1.165, 1.54) is 50.9 Å². The van der Waals surface area contributed by atoms with Crippen molar-refractivity contribution in [3.05, 3.63) is 23.9 Å². The molecule has 1 aliphatic carbocycles. The van der Waals surface area contributed by atoms with Gasteiger partial charge in [0.2, 0.25) is 0 Å². The minimum Gasteiger partial charge on any atom is -0.353 e. The summed E-state index contributed by atoms with van der Waals surface area (Å²) in [7, 11) is 1.98. The fraction of sp³-hybridized carbons (Fsp3) is 0.688. The van der Waals surface area contributed by atoms with E-state index >= 15 is 0 Å². The Balaban J connectivity index is 1.81. The average molecular weight is 259 g/mol. The van der Waals surface area contributed by atoms with Crippen molar-refractivity contribution in [1.29, 1.82) is 0 Å². The molecule has 0 aromatic carbocycles. The molecule has 2 fully saturated rings. The molecule has 2 atom stereocenters. The predicted octanol–water partition coefficient (Wildman–Crippen LogP) is 2.96. The molecule has 3 nitrogen and oxygen atoms in total. The molecule has 19 heavy (non-hydrogen) atoms. The van der Waals surface area contributed by atoms with Crippen molar-refractivity contribution in [2.75, 3.05) is 18.5 Å². The van der Waals surface area contributed by atoms with Crippen LogP contribution in [0.3, 0.4) is 0 Å². The Morgan fingerprint density at radius 1 is 1.21 bits per heavy atom. The van der Waals surface area contributed by atoms with Crippen LogP contribution in [0.1, 0.15) is 44.2 Å². The van der Waals surface area contributed by atoms with Gasteiger partial charge in [0.15, 0.2) is 0 Å². The first-order valence-corrected chi connectivity index (χ1v) is 7.75. The second-order valence-electron chi connectivity index (χ2n) is 5.96. The van der Waals surface area contributed by atoms with Crippen LogP contribution >= 0.6 is 0 Å². The van der Waals surface area contributed by atoms with E-state index in [-0.39, 0.29) is 0 Å². The molecule has 2 heterocycles. The largest absolute Gasteiger partial charge is 0.353 e. The third-order valence-electron chi connectivity index (χ3n) is 4.69. The number of anilines is 1. The molecule has 1 aromatic heterocycles. The lowest BCUT2D eigenvalue weighted by Gasteiger charge is -2.44. The highest BCUT2D eigenvalue weighted by Gasteiger charge is 2.33. The molecular formula is C16H25N3. The van der Waals surface area contributed by atoms with Crippen LogP contribution in [0.5, 0.6) is 0 Å². The number of pyridine rings is 1. The van der Waals surface area contributed by atoms with Gasteiger partial charge in [-0.15, -0.1) is 0 Å². The quantitative estimate of drug-likeness (QED) is 0.904. The van der Waals surface area contributed by atoms with Gasteiger partial charge in [-0.05, 0) is 50.8 Å². The van der Waals surface area contributed by atoms with Crippen molar-refractivity contribution >= 4 is 5.82 Å². The zero-order chi connectivity index (χ0) is 13.1. The van der Waals surface area contributed by atoms with E-state index in [0.29, 0.717) is 0 Å². The lowest BCUT2D eigenvalue weighted by Crippen LogP contribution is -2.47. The molecule has 1 aromatic rings. The van der Waals surface area contributed by atoms with Crippen molar-refractivity contribution in [3.63, 3.8) is 0 Å². The van der Waals surface area contributed by atoms with Gasteiger partial charge in [-0.3, -0.25) is 0 Å². The number of nitrogens with zero attached hydrogens (tertiary/aromatic N) is 2. The molecular weight excluding hydrogens is 234 g/mol. The summed E-state index contributed by atoms with van der Waals surface area (Å²) in [5.74, 6) is 2.11. The summed E-state index contributed by atoms with van der Waals surface area (Å²) in [4.78, 5) is 7.43. The molecule has 0 radical (unpaired) electrons. The van der Waals surface area contributed by atoms with Crippen molar-refractivity contribution in [2.24, 2.45) is 5.92 Å². The summed E-state index contributed by atoms with van der Waals surface area (Å²) >= 11 is 0. The molecule has 0 spiro atoms. The van der Waals surface area contributed by atoms with Gasteiger partial charge in [0.1, 0.15) is 5.82 Å². The van der Waals surface area contributed by atoms with Crippen LogP contribution in [0, 0.1) is 5.92 Å². The maximum atomic E-state index is 4.84. The van der Waals surface area contributed by atoms with Gasteiger partial charge in [-0.1, -0.05) is 18.9 Å². The highest BCUT2D eigenvalue weighted by Crippen LogP contribution is 2.37. The zero-order valence-corrected chi connectivity index (χ0v) is 11.9. The van der Waals surface area contributed by atoms with Crippen molar-refractivity contribution in [1.82, 2.24) is 10.3 Å². The van der Waals surface area contributed by atoms with E-state index in [1.54, 1.807) is 0 Å². The topological polar surface area (TPSA) is 28.2 Å². The number of aromatic nitrogens is 1. The third-order valence-corrected chi connectivity index (χ3v) is 4.69. The average Bonchev–Trinajstić information content (AvgIpc) is 2.47. The van der Waals surface area contributed by atoms with Crippen molar-refractivity contribution in [3.8, 4) is 0 Å². The SMILES string of the molecule is CNCc1cccc(N2CCC[C@H]3CCCC[C@H]32)n1. The smallest absolute Gasteiger partial charge is 0.129 e. The maximum Gasteiger partial charge on any atom is 0.129 e. The Morgan fingerprint density at radius 3 is 2.95 bits per heavy atom. The Bertz CT molecular complexity index is 416. The lowest BCUT2D eigenvalue weighted by molar-refractivity contribution is 0.242. The summed E-state index contributed by atoms with van der Waals surface area (Å²) < 4.78 is 0. The van der Waals surface area contributed by atoms with Gasteiger partial charge in [-0.25, -0.2) is 4.98 Å². The van der Waals surface area contributed by atoms with Gasteiger partial charge in [0.25, 0.3) is 0 Å². The normalized spacial score (nSPS) is 27.1. The van der Waals surface area contributed by atoms with E-state index < -0.39 is 0 Å². The second-order valence-corrected chi connectivity index (χ2v) is 5.96. The van der Waals surface area contributed by atoms with Crippen LogP contribution in [0.4, 0.5) is 5.82 Å². The molecule has 1 saturated carbocycles. The van der Waals surface area contributed by atoms with E-state index in [0.717, 1.165) is 24.2 Å². The second kappa shape index (κ2) is 5.91. The van der Waals surface area contributed by atoms with Gasteiger partial charge in [-0.2, -0.15) is 0 Å². The van der Waals surface area contributed by atoms with Crippen LogP contribution in [-0.2, 0) is 6.54 Å². The number of hydrogen-bond acceptors (Lipinski definition) is 3. The molecule has 0 amide bonds. The summed E-state index contributed by atoms with van der Waals surface area (Å²) in [6.07, 6.45) is 8.38. The fourth-order valence-electron chi connectivity index (χ4n) is 3.82. The van der Waals surface area contributed by atoms with Gasteiger partial charge in [0, 0.05) is 19.1 Å². The van der Waals surface area contributed by atoms with Gasteiger partial charge < -0.3 is 10.2 Å². The molecule has 104 valence electrons. The summed E-state index contributed by atoms with van der Waals surface area (Å²) in [6, 6.07) is 7.21. The lowest BCUT2D eigenvalue weighted by atomic mass is 9.78. The van der Waals surface area contributed by atoms with Gasteiger partial charge in [0.05, 0.1) is 5.69 Å². The van der Waals surface area contributed by atoms with Crippen LogP contribution in [0.25, 0.3) is 0 Å². The number of rotatable bonds is 3. The van der Waals surface area contributed by atoms with Gasteiger partial charge >= 0.3 is 0 Å². The number of piperidine rings is 1. The number of fused-ring (bicyclic) bond motifs is 1. The number of hydrogen-bond donors (Lipinski definition) is 1. The maximum absolute atomic E-state index is 4.84. The first-order valence-electron chi connectivity index (χ1n) is 7.75. The third kappa shape index (κ3) is 2.76. The predicted molar refractivity (Wildman–Crippen MR) is 79.3 cm³/mol. The first kappa shape index (κ1) is 12.9. The molecule has 1 N–H and O–H groups in total. The highest BCUT2D eigenvalue weighted by atomic mass is 15.2. The summed E-state index contributed by atoms with van der Waals surface area (Å²) in [5.41, 5.74) is 1.15. The summed E-state index contributed by atoms with van der Waals surface area (Å²) in [5, 5.41) is 3.19. The molecule has 3 heteroatoms. The van der Waals surface area contributed by atoms with Crippen molar-refractivity contribution < 1.29 is 0 Å². The zero-order valence-electron chi connectivity index (χ0n) is 11.9. The molecule has 0 bridgehead atoms. The van der Waals surface area contributed by atoms with Crippen LogP contribution in [0.15, 0.2) is 18.2 Å². The van der Waals surface area contributed by atoms with Crippen LogP contribution in [-0.4, -0.2) is 24.6 Å². The minimum absolute atomic E-state index is 0.750. The Kier molecular flexibility index (Phi) is 4.02. The summed E-state index contributed by atoms with van der Waals surface area (Å²) in [6.45, 7) is 2.05. The molecule has 2 aliphatic rings. The fourth-order valence-corrected chi connectivity index (χ4v) is 3.82. The molecule has 0 unspecified atom stereocenters. The van der Waals surface area contributed by atoms with E-state index in [4.69, 9.17) is 4.98 Å². The number of nitrogens with one attached hydrogen (secondary N) is 1. The van der Waals surface area contributed by atoms with E-state index in [9.17, 15) is 0 Å². The van der Waals surface area contributed by atoms with Crippen molar-refractivity contribution in [2.45, 2.75) is 51.1 Å². The van der Waals surface area contributed by atoms with E-state index in [2.05, 4.69) is 28.4 Å². The van der Waals surface area contributed by atoms with Crippen LogP contribution in [0.2, 0.25) is 0 Å². The highest BCUT2D eigenvalue weighted by molar-refractivity contribution is 5.41. The van der Waals surface area contributed by atoms with Crippen LogP contribution < -0.4 is 10.2 Å². The monoisotopic (exact) mass is 259 g/mol. The molecule has 3 rings (SSSR count). The Labute approximate surface area is 116 Å². The van der Waals surface area contributed by atoms with E-state index in [1.807, 2.05) is 7.05 Å². The Morgan fingerprint density at radius 2 is 2.05 bits per heavy atom.